The van der Waals surface area contributed by atoms with Crippen LogP contribution in [0.1, 0.15) is 17.2 Å². The lowest BCUT2D eigenvalue weighted by Gasteiger charge is -2.13. The van der Waals surface area contributed by atoms with Crippen molar-refractivity contribution in [1.29, 1.82) is 0 Å². The molecule has 5 heteroatoms. The summed E-state index contributed by atoms with van der Waals surface area (Å²) >= 11 is 12.0. The number of benzene rings is 2. The molecule has 2 aromatic rings. The van der Waals surface area contributed by atoms with Crippen molar-refractivity contribution in [3.63, 3.8) is 0 Å². The quantitative estimate of drug-likeness (QED) is 0.918. The Bertz CT molecular complexity index is 628. The number of hydrogen-bond acceptors (Lipinski definition) is 2. The summed E-state index contributed by atoms with van der Waals surface area (Å²) in [6.07, 6.45) is 0. The van der Waals surface area contributed by atoms with E-state index in [2.05, 4.69) is 0 Å². The molecule has 0 aromatic heterocycles. The van der Waals surface area contributed by atoms with E-state index >= 15 is 0 Å². The van der Waals surface area contributed by atoms with Gasteiger partial charge in [0.2, 0.25) is 0 Å². The van der Waals surface area contributed by atoms with E-state index in [9.17, 15) is 4.21 Å². The zero-order valence-electron chi connectivity index (χ0n) is 11.0. The maximum atomic E-state index is 12.4. The Morgan fingerprint density at radius 1 is 1.15 bits per heavy atom. The number of rotatable bonds is 4. The second-order valence-electron chi connectivity index (χ2n) is 4.60. The summed E-state index contributed by atoms with van der Waals surface area (Å²) in [5.74, 6) is 0.309. The van der Waals surface area contributed by atoms with E-state index < -0.39 is 10.8 Å². The van der Waals surface area contributed by atoms with Crippen molar-refractivity contribution in [1.82, 2.24) is 0 Å². The van der Waals surface area contributed by atoms with Crippen LogP contribution in [-0.4, -0.2) is 9.96 Å². The van der Waals surface area contributed by atoms with Crippen molar-refractivity contribution >= 4 is 34.0 Å². The molecule has 0 spiro atoms. The van der Waals surface area contributed by atoms with Crippen LogP contribution in [0, 0.1) is 6.92 Å². The van der Waals surface area contributed by atoms with Crippen LogP contribution in [0.5, 0.6) is 0 Å². The summed E-state index contributed by atoms with van der Waals surface area (Å²) < 4.78 is 12.4. The van der Waals surface area contributed by atoms with Crippen LogP contribution >= 0.6 is 23.2 Å². The Labute approximate surface area is 131 Å². The van der Waals surface area contributed by atoms with E-state index in [-0.39, 0.29) is 6.04 Å². The Morgan fingerprint density at radius 2 is 1.80 bits per heavy atom. The molecular formula is C15H15Cl2NOS. The molecule has 0 aliphatic heterocycles. The summed E-state index contributed by atoms with van der Waals surface area (Å²) in [5, 5.41) is 0.963. The Hall–Kier alpha value is -0.870. The van der Waals surface area contributed by atoms with Crippen LogP contribution < -0.4 is 5.73 Å². The van der Waals surface area contributed by atoms with Crippen molar-refractivity contribution in [3.8, 4) is 0 Å². The van der Waals surface area contributed by atoms with Gasteiger partial charge in [-0.05, 0) is 30.7 Å². The molecule has 0 aliphatic carbocycles. The first-order chi connectivity index (χ1) is 9.47. The second-order valence-corrected chi connectivity index (χ2v) is 6.91. The second kappa shape index (κ2) is 6.72. The predicted molar refractivity (Wildman–Crippen MR) is 85.8 cm³/mol. The third-order valence-electron chi connectivity index (χ3n) is 2.97. The van der Waals surface area contributed by atoms with E-state index in [1.54, 1.807) is 18.2 Å². The van der Waals surface area contributed by atoms with E-state index in [0.29, 0.717) is 20.7 Å². The molecule has 0 heterocycles. The van der Waals surface area contributed by atoms with Gasteiger partial charge in [0.25, 0.3) is 0 Å². The molecule has 2 unspecified atom stereocenters. The highest BCUT2D eigenvalue weighted by atomic mass is 35.5. The molecule has 20 heavy (non-hydrogen) atoms. The van der Waals surface area contributed by atoms with Crippen molar-refractivity contribution < 1.29 is 4.21 Å². The summed E-state index contributed by atoms with van der Waals surface area (Å²) in [5.41, 5.74) is 8.23. The number of aryl methyl sites for hydroxylation is 1. The summed E-state index contributed by atoms with van der Waals surface area (Å²) in [6.45, 7) is 2.01. The van der Waals surface area contributed by atoms with Crippen molar-refractivity contribution in [2.75, 3.05) is 5.75 Å². The fraction of sp³-hybridized carbons (Fsp3) is 0.200. The fourth-order valence-corrected chi connectivity index (χ4v) is 3.67. The molecule has 0 aliphatic rings. The number of nitrogens with two attached hydrogens (primary N) is 1. The van der Waals surface area contributed by atoms with Crippen LogP contribution in [0.3, 0.4) is 0 Å². The third-order valence-corrected chi connectivity index (χ3v) is 5.14. The first-order valence-electron chi connectivity index (χ1n) is 6.13. The Balaban J connectivity index is 2.15. The van der Waals surface area contributed by atoms with Gasteiger partial charge in [0, 0.05) is 16.8 Å². The molecule has 106 valence electrons. The first-order valence-corrected chi connectivity index (χ1v) is 8.20. The normalized spacial score (nSPS) is 14.0. The molecule has 2 aromatic carbocycles. The van der Waals surface area contributed by atoms with Gasteiger partial charge in [-0.3, -0.25) is 4.21 Å². The molecule has 0 bridgehead atoms. The lowest BCUT2D eigenvalue weighted by Crippen LogP contribution is -2.18. The molecule has 2 atom stereocenters. The van der Waals surface area contributed by atoms with E-state index in [0.717, 1.165) is 5.56 Å². The monoisotopic (exact) mass is 327 g/mol. The molecule has 0 saturated carbocycles. The largest absolute Gasteiger partial charge is 0.323 e. The minimum absolute atomic E-state index is 0.300. The number of halogens is 2. The zero-order valence-corrected chi connectivity index (χ0v) is 13.3. The molecule has 0 fully saturated rings. The maximum absolute atomic E-state index is 12.4. The van der Waals surface area contributed by atoms with Crippen molar-refractivity contribution in [2.45, 2.75) is 17.9 Å². The molecular weight excluding hydrogens is 313 g/mol. The lowest BCUT2D eigenvalue weighted by molar-refractivity contribution is 0.675. The van der Waals surface area contributed by atoms with Gasteiger partial charge in [-0.15, -0.1) is 0 Å². The van der Waals surface area contributed by atoms with E-state index in [4.69, 9.17) is 28.9 Å². The van der Waals surface area contributed by atoms with E-state index in [1.807, 2.05) is 31.2 Å². The summed E-state index contributed by atoms with van der Waals surface area (Å²) in [7, 11) is -1.28. The van der Waals surface area contributed by atoms with Crippen molar-refractivity contribution in [3.05, 3.63) is 63.6 Å². The smallest absolute Gasteiger partial charge is 0.0589 e. The lowest BCUT2D eigenvalue weighted by atomic mass is 10.1. The van der Waals surface area contributed by atoms with Crippen molar-refractivity contribution in [2.24, 2.45) is 5.73 Å². The zero-order chi connectivity index (χ0) is 14.7. The highest BCUT2D eigenvalue weighted by molar-refractivity contribution is 7.85. The highest BCUT2D eigenvalue weighted by Gasteiger charge is 2.15. The van der Waals surface area contributed by atoms with Gasteiger partial charge in [0.15, 0.2) is 0 Å². The topological polar surface area (TPSA) is 43.1 Å². The molecule has 2 rings (SSSR count). The highest BCUT2D eigenvalue weighted by Crippen LogP contribution is 2.25. The minimum atomic E-state index is -1.28. The van der Waals surface area contributed by atoms with Gasteiger partial charge in [-0.25, -0.2) is 0 Å². The van der Waals surface area contributed by atoms with E-state index in [1.165, 1.54) is 5.56 Å². The molecule has 0 saturated heterocycles. The van der Waals surface area contributed by atoms with Gasteiger partial charge in [0.05, 0.1) is 20.7 Å². The predicted octanol–water partition coefficient (Wildman–Crippen LogP) is 4.11. The van der Waals surface area contributed by atoms with Crippen LogP contribution in [0.15, 0.2) is 47.4 Å². The van der Waals surface area contributed by atoms with Gasteiger partial charge < -0.3 is 5.73 Å². The van der Waals surface area contributed by atoms with Gasteiger partial charge >= 0.3 is 0 Å². The number of hydrogen-bond donors (Lipinski definition) is 1. The van der Waals surface area contributed by atoms with Crippen LogP contribution in [0.2, 0.25) is 10.0 Å². The molecule has 2 nitrogen and oxygen atoms in total. The average Bonchev–Trinajstić information content (AvgIpc) is 2.42. The van der Waals surface area contributed by atoms with Gasteiger partial charge in [0.1, 0.15) is 0 Å². The SMILES string of the molecule is Cc1ccc(C(N)CS(=O)c2cc(Cl)ccc2Cl)cc1. The van der Waals surface area contributed by atoms with Crippen LogP contribution in [0.4, 0.5) is 0 Å². The molecule has 2 N–H and O–H groups in total. The minimum Gasteiger partial charge on any atom is -0.323 e. The summed E-state index contributed by atoms with van der Waals surface area (Å²) in [6, 6.07) is 12.5. The maximum Gasteiger partial charge on any atom is 0.0589 e. The van der Waals surface area contributed by atoms with Gasteiger partial charge in [-0.2, -0.15) is 0 Å². The van der Waals surface area contributed by atoms with Gasteiger partial charge in [-0.1, -0.05) is 53.0 Å². The average molecular weight is 328 g/mol. The third kappa shape index (κ3) is 3.83. The molecule has 0 amide bonds. The van der Waals surface area contributed by atoms with Crippen LogP contribution in [-0.2, 0) is 10.8 Å². The Kier molecular flexibility index (Phi) is 5.22. The Morgan fingerprint density at radius 3 is 2.45 bits per heavy atom. The standard InChI is InChI=1S/C15H15Cl2NOS/c1-10-2-4-11(5-3-10)14(18)9-20(19)15-8-12(16)6-7-13(15)17/h2-8,14H,9,18H2,1H3. The summed E-state index contributed by atoms with van der Waals surface area (Å²) in [4.78, 5) is 0.529. The van der Waals surface area contributed by atoms with Crippen LogP contribution in [0.25, 0.3) is 0 Å². The first kappa shape index (κ1) is 15.5. The fourth-order valence-electron chi connectivity index (χ4n) is 1.81. The molecule has 0 radical (unpaired) electrons.